The SMILES string of the molecule is O=C(c1cccc(Oc2cnccn2)c1)N1CCCCC1c1ncc[nH]1. The van der Waals surface area contributed by atoms with Gasteiger partial charge in [0.15, 0.2) is 0 Å². The Hall–Kier alpha value is -3.22. The smallest absolute Gasteiger partial charge is 0.254 e. The Morgan fingerprint density at radius 3 is 2.96 bits per heavy atom. The van der Waals surface area contributed by atoms with Crippen molar-refractivity contribution in [3.63, 3.8) is 0 Å². The van der Waals surface area contributed by atoms with Crippen LogP contribution < -0.4 is 4.74 Å². The Labute approximate surface area is 151 Å². The molecule has 2 aromatic heterocycles. The molecule has 3 aromatic rings. The van der Waals surface area contributed by atoms with Gasteiger partial charge in [-0.05, 0) is 37.5 Å². The fourth-order valence-electron chi connectivity index (χ4n) is 3.24. The summed E-state index contributed by atoms with van der Waals surface area (Å²) in [5.41, 5.74) is 0.588. The van der Waals surface area contributed by atoms with Crippen molar-refractivity contribution in [2.24, 2.45) is 0 Å². The Morgan fingerprint density at radius 2 is 2.15 bits per heavy atom. The number of aromatic nitrogens is 4. The number of likely N-dealkylation sites (tertiary alicyclic amines) is 1. The molecule has 0 saturated carbocycles. The van der Waals surface area contributed by atoms with Gasteiger partial charge < -0.3 is 14.6 Å². The van der Waals surface area contributed by atoms with Gasteiger partial charge in [-0.25, -0.2) is 9.97 Å². The predicted molar refractivity (Wildman–Crippen MR) is 94.8 cm³/mol. The molecule has 0 aliphatic carbocycles. The first kappa shape index (κ1) is 16.3. The number of amides is 1. The molecule has 0 bridgehead atoms. The number of piperidine rings is 1. The van der Waals surface area contributed by atoms with E-state index in [1.54, 1.807) is 43.0 Å². The third kappa shape index (κ3) is 3.42. The summed E-state index contributed by atoms with van der Waals surface area (Å²) in [5, 5.41) is 0. The van der Waals surface area contributed by atoms with E-state index >= 15 is 0 Å². The summed E-state index contributed by atoms with van der Waals surface area (Å²) in [4.78, 5) is 30.6. The lowest BCUT2D eigenvalue weighted by Gasteiger charge is -2.34. The Balaban J connectivity index is 1.56. The van der Waals surface area contributed by atoms with Gasteiger partial charge in [0.25, 0.3) is 5.91 Å². The van der Waals surface area contributed by atoms with Crippen LogP contribution in [-0.2, 0) is 0 Å². The number of H-pyrrole nitrogens is 1. The zero-order valence-electron chi connectivity index (χ0n) is 14.2. The lowest BCUT2D eigenvalue weighted by Crippen LogP contribution is -2.39. The van der Waals surface area contributed by atoms with Gasteiger partial charge in [0.1, 0.15) is 11.6 Å². The highest BCUT2D eigenvalue weighted by atomic mass is 16.5. The highest BCUT2D eigenvalue weighted by Gasteiger charge is 2.30. The summed E-state index contributed by atoms with van der Waals surface area (Å²) in [6.07, 6.45) is 11.2. The van der Waals surface area contributed by atoms with Crippen molar-refractivity contribution in [3.8, 4) is 11.6 Å². The molecule has 132 valence electrons. The van der Waals surface area contributed by atoms with Crippen LogP contribution in [-0.4, -0.2) is 37.3 Å². The van der Waals surface area contributed by atoms with Crippen LogP contribution in [0, 0.1) is 0 Å². The Morgan fingerprint density at radius 1 is 1.19 bits per heavy atom. The molecule has 1 aliphatic heterocycles. The van der Waals surface area contributed by atoms with E-state index in [2.05, 4.69) is 19.9 Å². The van der Waals surface area contributed by atoms with Gasteiger partial charge in [-0.1, -0.05) is 6.07 Å². The van der Waals surface area contributed by atoms with E-state index in [1.807, 2.05) is 11.0 Å². The summed E-state index contributed by atoms with van der Waals surface area (Å²) in [7, 11) is 0. The van der Waals surface area contributed by atoms with Crippen LogP contribution in [0.2, 0.25) is 0 Å². The first-order valence-electron chi connectivity index (χ1n) is 8.65. The predicted octanol–water partition coefficient (Wildman–Crippen LogP) is 3.36. The maximum Gasteiger partial charge on any atom is 0.254 e. The average molecular weight is 349 g/mol. The quantitative estimate of drug-likeness (QED) is 0.781. The molecule has 1 amide bonds. The van der Waals surface area contributed by atoms with Crippen LogP contribution in [0.3, 0.4) is 0 Å². The van der Waals surface area contributed by atoms with Gasteiger partial charge in [0.05, 0.1) is 12.2 Å². The van der Waals surface area contributed by atoms with Gasteiger partial charge >= 0.3 is 0 Å². The van der Waals surface area contributed by atoms with Crippen LogP contribution >= 0.6 is 0 Å². The number of imidazole rings is 1. The molecule has 3 heterocycles. The number of hydrogen-bond donors (Lipinski definition) is 1. The molecular formula is C19H19N5O2. The molecule has 1 N–H and O–H groups in total. The molecule has 7 heteroatoms. The highest BCUT2D eigenvalue weighted by Crippen LogP contribution is 2.31. The van der Waals surface area contributed by atoms with Gasteiger partial charge in [-0.15, -0.1) is 0 Å². The minimum absolute atomic E-state index is 0.0178. The third-order valence-electron chi connectivity index (χ3n) is 4.44. The fraction of sp³-hybridized carbons (Fsp3) is 0.263. The molecule has 1 atom stereocenters. The van der Waals surface area contributed by atoms with E-state index in [0.717, 1.165) is 31.6 Å². The zero-order chi connectivity index (χ0) is 17.8. The number of aromatic amines is 1. The number of nitrogens with one attached hydrogen (secondary N) is 1. The number of carbonyl (C=O) groups excluding carboxylic acids is 1. The van der Waals surface area contributed by atoms with E-state index < -0.39 is 0 Å². The molecule has 1 fully saturated rings. The monoisotopic (exact) mass is 349 g/mol. The van der Waals surface area contributed by atoms with E-state index in [-0.39, 0.29) is 11.9 Å². The van der Waals surface area contributed by atoms with Gasteiger partial charge in [-0.3, -0.25) is 9.78 Å². The molecule has 1 unspecified atom stereocenters. The van der Waals surface area contributed by atoms with Crippen molar-refractivity contribution in [1.29, 1.82) is 0 Å². The molecule has 0 radical (unpaired) electrons. The first-order valence-corrected chi connectivity index (χ1v) is 8.65. The molecule has 1 aromatic carbocycles. The van der Waals surface area contributed by atoms with Crippen molar-refractivity contribution in [3.05, 3.63) is 66.6 Å². The summed E-state index contributed by atoms with van der Waals surface area (Å²) in [5.74, 6) is 1.77. The fourth-order valence-corrected chi connectivity index (χ4v) is 3.24. The van der Waals surface area contributed by atoms with Crippen molar-refractivity contribution in [1.82, 2.24) is 24.8 Å². The summed E-state index contributed by atoms with van der Waals surface area (Å²) in [6.45, 7) is 0.722. The van der Waals surface area contributed by atoms with Gasteiger partial charge in [0, 0.05) is 36.9 Å². The summed E-state index contributed by atoms with van der Waals surface area (Å²) >= 11 is 0. The lowest BCUT2D eigenvalue weighted by molar-refractivity contribution is 0.0600. The second-order valence-electron chi connectivity index (χ2n) is 6.16. The zero-order valence-corrected chi connectivity index (χ0v) is 14.2. The van der Waals surface area contributed by atoms with Crippen molar-refractivity contribution < 1.29 is 9.53 Å². The number of nitrogens with zero attached hydrogens (tertiary/aromatic N) is 4. The standard InChI is InChI=1S/C19H19N5O2/c25-19(24-11-2-1-6-16(24)18-22-9-10-23-18)14-4-3-5-15(12-14)26-17-13-20-7-8-21-17/h3-5,7-10,12-13,16H,1-2,6,11H2,(H,22,23). The van der Waals surface area contributed by atoms with Crippen LogP contribution in [0.25, 0.3) is 0 Å². The van der Waals surface area contributed by atoms with E-state index in [0.29, 0.717) is 17.2 Å². The molecule has 26 heavy (non-hydrogen) atoms. The molecule has 7 nitrogen and oxygen atoms in total. The van der Waals surface area contributed by atoms with Crippen LogP contribution in [0.5, 0.6) is 11.6 Å². The first-order chi connectivity index (χ1) is 12.8. The number of benzene rings is 1. The second-order valence-corrected chi connectivity index (χ2v) is 6.16. The maximum absolute atomic E-state index is 13.1. The van der Waals surface area contributed by atoms with Crippen LogP contribution in [0.15, 0.2) is 55.2 Å². The average Bonchev–Trinajstić information content (AvgIpc) is 3.23. The third-order valence-corrected chi connectivity index (χ3v) is 4.44. The minimum atomic E-state index is -0.0179. The summed E-state index contributed by atoms with van der Waals surface area (Å²) < 4.78 is 5.69. The van der Waals surface area contributed by atoms with E-state index in [1.165, 1.54) is 6.20 Å². The minimum Gasteiger partial charge on any atom is -0.437 e. The van der Waals surface area contributed by atoms with Crippen LogP contribution in [0.1, 0.15) is 41.5 Å². The highest BCUT2D eigenvalue weighted by molar-refractivity contribution is 5.95. The normalized spacial score (nSPS) is 17.1. The number of carbonyl (C=O) groups is 1. The molecule has 1 aliphatic rings. The van der Waals surface area contributed by atoms with Crippen molar-refractivity contribution in [2.45, 2.75) is 25.3 Å². The maximum atomic E-state index is 13.1. The van der Waals surface area contributed by atoms with Gasteiger partial charge in [0.2, 0.25) is 5.88 Å². The number of hydrogen-bond acceptors (Lipinski definition) is 5. The molecular weight excluding hydrogens is 330 g/mol. The molecule has 1 saturated heterocycles. The number of rotatable bonds is 4. The topological polar surface area (TPSA) is 84.0 Å². The number of ether oxygens (including phenoxy) is 1. The summed E-state index contributed by atoms with van der Waals surface area (Å²) in [6, 6.07) is 7.14. The van der Waals surface area contributed by atoms with E-state index in [9.17, 15) is 4.79 Å². The second kappa shape index (κ2) is 7.35. The lowest BCUT2D eigenvalue weighted by atomic mass is 10.00. The molecule has 0 spiro atoms. The van der Waals surface area contributed by atoms with Crippen molar-refractivity contribution >= 4 is 5.91 Å². The largest absolute Gasteiger partial charge is 0.437 e. The molecule has 4 rings (SSSR count). The van der Waals surface area contributed by atoms with Crippen LogP contribution in [0.4, 0.5) is 0 Å². The Kier molecular flexibility index (Phi) is 4.59. The Bertz CT molecular complexity index is 867. The van der Waals surface area contributed by atoms with E-state index in [4.69, 9.17) is 4.74 Å². The van der Waals surface area contributed by atoms with Gasteiger partial charge in [-0.2, -0.15) is 0 Å². The van der Waals surface area contributed by atoms with Crippen molar-refractivity contribution in [2.75, 3.05) is 6.54 Å².